The molecule has 2 aromatic rings. The van der Waals surface area contributed by atoms with Gasteiger partial charge in [-0.2, -0.15) is 0 Å². The van der Waals surface area contributed by atoms with Crippen LogP contribution < -0.4 is 15.4 Å². The minimum absolute atomic E-state index is 0.124. The van der Waals surface area contributed by atoms with Gasteiger partial charge in [0.2, 0.25) is 5.91 Å². The maximum atomic E-state index is 13.1. The third-order valence-corrected chi connectivity index (χ3v) is 4.42. The summed E-state index contributed by atoms with van der Waals surface area (Å²) in [5, 5.41) is 10.3. The van der Waals surface area contributed by atoms with Crippen LogP contribution in [0.1, 0.15) is 39.0 Å². The molecule has 0 heterocycles. The van der Waals surface area contributed by atoms with Crippen LogP contribution in [0.25, 0.3) is 0 Å². The first-order valence-corrected chi connectivity index (χ1v) is 9.60. The fourth-order valence-corrected chi connectivity index (χ4v) is 3.10. The highest BCUT2D eigenvalue weighted by molar-refractivity contribution is 6.01. The molecular weight excluding hydrogens is 356 g/mol. The normalized spacial score (nSPS) is 12.8. The van der Waals surface area contributed by atoms with Crippen molar-refractivity contribution in [2.75, 3.05) is 11.4 Å². The average Bonchev–Trinajstić information content (AvgIpc) is 2.70. The highest BCUT2D eigenvalue weighted by Crippen LogP contribution is 2.33. The number of carbonyl (C=O) groups excluding carboxylic acids is 1. The second-order valence-electron chi connectivity index (χ2n) is 6.57. The summed E-state index contributed by atoms with van der Waals surface area (Å²) in [6.45, 7) is 2.32. The van der Waals surface area contributed by atoms with E-state index in [-0.39, 0.29) is 18.7 Å². The lowest BCUT2D eigenvalue weighted by Crippen LogP contribution is -2.61. The van der Waals surface area contributed by atoms with E-state index in [0.29, 0.717) is 37.2 Å². The predicted molar refractivity (Wildman–Crippen MR) is 109 cm³/mol. The summed E-state index contributed by atoms with van der Waals surface area (Å²) in [5.41, 5.74) is 4.25. The molecule has 0 aromatic heterocycles. The van der Waals surface area contributed by atoms with E-state index >= 15 is 0 Å². The summed E-state index contributed by atoms with van der Waals surface area (Å²) < 4.78 is 6.06. The molecule has 0 unspecified atom stereocenters. The summed E-state index contributed by atoms with van der Waals surface area (Å²) in [6.07, 6.45) is 2.10. The zero-order valence-electron chi connectivity index (χ0n) is 16.2. The summed E-state index contributed by atoms with van der Waals surface area (Å²) in [6, 6.07) is 17.5. The second-order valence-corrected chi connectivity index (χ2v) is 6.57. The standard InChI is InChI=1S/C22H28N2O4/c1-2-11-20(25)24(18-12-5-3-6-13-18)22(21(26)27,16-9-10-17-23)28-19-14-7-4-8-15-19/h3-8,12-15H,2,9-11,16-17,23H2,1H3,(H,26,27)/t22-/m1/s1. The zero-order chi connectivity index (χ0) is 20.4. The molecule has 2 rings (SSSR count). The Morgan fingerprint density at radius 1 is 1.04 bits per heavy atom. The van der Waals surface area contributed by atoms with E-state index in [1.165, 1.54) is 4.90 Å². The number of para-hydroxylation sites is 2. The Hall–Kier alpha value is -2.86. The Kier molecular flexibility index (Phi) is 8.02. The number of unbranched alkanes of at least 4 members (excludes halogenated alkanes) is 1. The fourth-order valence-electron chi connectivity index (χ4n) is 3.10. The minimum Gasteiger partial charge on any atom is -0.477 e. The number of aliphatic carboxylic acids is 1. The molecule has 0 aliphatic rings. The number of amides is 1. The van der Waals surface area contributed by atoms with E-state index in [2.05, 4.69) is 0 Å². The lowest BCUT2D eigenvalue weighted by Gasteiger charge is -2.40. The Bertz CT molecular complexity index is 752. The van der Waals surface area contributed by atoms with Crippen molar-refractivity contribution in [3.8, 4) is 5.75 Å². The van der Waals surface area contributed by atoms with Gasteiger partial charge in [0.25, 0.3) is 5.72 Å². The number of ether oxygens (including phenoxy) is 1. The molecular formula is C22H28N2O4. The molecule has 0 radical (unpaired) electrons. The van der Waals surface area contributed by atoms with Crippen LogP contribution in [0.3, 0.4) is 0 Å². The monoisotopic (exact) mass is 384 g/mol. The van der Waals surface area contributed by atoms with Gasteiger partial charge in [-0.1, -0.05) is 43.3 Å². The van der Waals surface area contributed by atoms with Gasteiger partial charge in [-0.3, -0.25) is 9.69 Å². The Labute approximate surface area is 165 Å². The van der Waals surface area contributed by atoms with Crippen molar-refractivity contribution in [3.63, 3.8) is 0 Å². The molecule has 0 aliphatic heterocycles. The number of benzene rings is 2. The highest BCUT2D eigenvalue weighted by atomic mass is 16.5. The Balaban J connectivity index is 2.58. The van der Waals surface area contributed by atoms with E-state index in [1.807, 2.05) is 19.1 Å². The average molecular weight is 384 g/mol. The second kappa shape index (κ2) is 10.5. The maximum Gasteiger partial charge on any atom is 0.370 e. The summed E-state index contributed by atoms with van der Waals surface area (Å²) in [7, 11) is 0. The van der Waals surface area contributed by atoms with Gasteiger partial charge >= 0.3 is 5.97 Å². The van der Waals surface area contributed by atoms with Crippen LogP contribution >= 0.6 is 0 Å². The lowest BCUT2D eigenvalue weighted by molar-refractivity contribution is -0.158. The van der Waals surface area contributed by atoms with Gasteiger partial charge in [-0.15, -0.1) is 0 Å². The number of anilines is 1. The number of carboxylic acid groups (broad SMARTS) is 1. The van der Waals surface area contributed by atoms with Crippen LogP contribution in [0, 0.1) is 0 Å². The highest BCUT2D eigenvalue weighted by Gasteiger charge is 2.49. The number of carbonyl (C=O) groups is 2. The van der Waals surface area contributed by atoms with Crippen LogP contribution in [0.15, 0.2) is 60.7 Å². The first kappa shape index (κ1) is 21.4. The minimum atomic E-state index is -1.86. The molecule has 3 N–H and O–H groups in total. The van der Waals surface area contributed by atoms with Crippen molar-refractivity contribution in [1.82, 2.24) is 0 Å². The summed E-state index contributed by atoms with van der Waals surface area (Å²) in [5.74, 6) is -1.11. The molecule has 1 amide bonds. The van der Waals surface area contributed by atoms with Crippen molar-refractivity contribution >= 4 is 17.6 Å². The van der Waals surface area contributed by atoms with Crippen LogP contribution in [0.4, 0.5) is 5.69 Å². The molecule has 1 atom stereocenters. The molecule has 6 nitrogen and oxygen atoms in total. The van der Waals surface area contributed by atoms with Gasteiger partial charge in [-0.25, -0.2) is 4.79 Å². The van der Waals surface area contributed by atoms with Crippen LogP contribution in [-0.4, -0.2) is 29.3 Å². The van der Waals surface area contributed by atoms with Crippen molar-refractivity contribution in [2.45, 2.75) is 44.8 Å². The summed E-state index contributed by atoms with van der Waals surface area (Å²) in [4.78, 5) is 27.0. The molecule has 0 fully saturated rings. The van der Waals surface area contributed by atoms with Gasteiger partial charge in [-0.05, 0) is 50.1 Å². The predicted octanol–water partition coefficient (Wildman–Crippen LogP) is 3.81. The molecule has 28 heavy (non-hydrogen) atoms. The van der Waals surface area contributed by atoms with Gasteiger partial charge in [0.1, 0.15) is 5.75 Å². The number of hydrogen-bond donors (Lipinski definition) is 2. The van der Waals surface area contributed by atoms with Gasteiger partial charge in [0.05, 0.1) is 0 Å². The SMILES string of the molecule is CCCC(=O)N(c1ccccc1)[C@](CCCCN)(Oc1ccccc1)C(=O)O. The van der Waals surface area contributed by atoms with E-state index in [9.17, 15) is 14.7 Å². The van der Waals surface area contributed by atoms with Crippen molar-refractivity contribution < 1.29 is 19.4 Å². The van der Waals surface area contributed by atoms with Gasteiger partial charge in [0.15, 0.2) is 0 Å². The maximum absolute atomic E-state index is 13.1. The van der Waals surface area contributed by atoms with Crippen LogP contribution in [-0.2, 0) is 9.59 Å². The fraction of sp³-hybridized carbons (Fsp3) is 0.364. The molecule has 6 heteroatoms. The molecule has 0 saturated heterocycles. The van der Waals surface area contributed by atoms with Crippen molar-refractivity contribution in [3.05, 3.63) is 60.7 Å². The molecule has 0 bridgehead atoms. The molecule has 0 aliphatic carbocycles. The molecule has 150 valence electrons. The first-order valence-electron chi connectivity index (χ1n) is 9.60. The van der Waals surface area contributed by atoms with Crippen LogP contribution in [0.2, 0.25) is 0 Å². The number of carboxylic acids is 1. The molecule has 0 spiro atoms. The molecule has 2 aromatic carbocycles. The van der Waals surface area contributed by atoms with Gasteiger partial charge < -0.3 is 15.6 Å². The van der Waals surface area contributed by atoms with E-state index in [4.69, 9.17) is 10.5 Å². The third kappa shape index (κ3) is 5.10. The van der Waals surface area contributed by atoms with E-state index < -0.39 is 11.7 Å². The zero-order valence-corrected chi connectivity index (χ0v) is 16.2. The molecule has 0 saturated carbocycles. The largest absolute Gasteiger partial charge is 0.477 e. The lowest BCUT2D eigenvalue weighted by atomic mass is 10.0. The van der Waals surface area contributed by atoms with Gasteiger partial charge in [0, 0.05) is 18.5 Å². The van der Waals surface area contributed by atoms with Crippen molar-refractivity contribution in [1.29, 1.82) is 0 Å². The number of nitrogens with zero attached hydrogens (tertiary/aromatic N) is 1. The smallest absolute Gasteiger partial charge is 0.370 e. The van der Waals surface area contributed by atoms with Crippen LogP contribution in [0.5, 0.6) is 5.75 Å². The quantitative estimate of drug-likeness (QED) is 0.454. The third-order valence-electron chi connectivity index (χ3n) is 4.42. The van der Waals surface area contributed by atoms with E-state index in [0.717, 1.165) is 0 Å². The van der Waals surface area contributed by atoms with Crippen molar-refractivity contribution in [2.24, 2.45) is 5.73 Å². The first-order chi connectivity index (χ1) is 13.5. The summed E-state index contributed by atoms with van der Waals surface area (Å²) >= 11 is 0. The Morgan fingerprint density at radius 3 is 2.18 bits per heavy atom. The number of nitrogens with two attached hydrogens (primary N) is 1. The Morgan fingerprint density at radius 2 is 1.64 bits per heavy atom. The number of rotatable bonds is 11. The van der Waals surface area contributed by atoms with E-state index in [1.54, 1.807) is 48.5 Å². The number of hydrogen-bond acceptors (Lipinski definition) is 4. The topological polar surface area (TPSA) is 92.9 Å².